The highest BCUT2D eigenvalue weighted by atomic mass is 35.5. The van der Waals surface area contributed by atoms with Crippen LogP contribution in [0.2, 0.25) is 0 Å². The Balaban J connectivity index is 0.000000810. The smallest absolute Gasteiger partial charge is 0.129 e. The molecule has 56 valence electrons. The summed E-state index contributed by atoms with van der Waals surface area (Å²) in [6.07, 6.45) is 3.63. The fourth-order valence-corrected chi connectivity index (χ4v) is 1.96. The third-order valence-electron chi connectivity index (χ3n) is 0.932. The van der Waals surface area contributed by atoms with Gasteiger partial charge in [0.05, 0.1) is 4.91 Å². The van der Waals surface area contributed by atoms with Crippen LogP contribution in [0, 0.1) is 5.41 Å². The molecule has 0 aromatic rings. The van der Waals surface area contributed by atoms with Gasteiger partial charge >= 0.3 is 0 Å². The maximum atomic E-state index is 7.03. The maximum Gasteiger partial charge on any atom is 0.129 e. The van der Waals surface area contributed by atoms with Gasteiger partial charge < -0.3 is 5.73 Å². The molecule has 1 heterocycles. The molecule has 0 aliphatic carbocycles. The predicted molar refractivity (Wildman–Crippen MR) is 51.1 cm³/mol. The van der Waals surface area contributed by atoms with Crippen molar-refractivity contribution in [2.45, 2.75) is 0 Å². The van der Waals surface area contributed by atoms with Crippen LogP contribution in [0.15, 0.2) is 22.5 Å². The summed E-state index contributed by atoms with van der Waals surface area (Å²) in [6, 6.07) is 0. The van der Waals surface area contributed by atoms with Gasteiger partial charge in [-0.3, -0.25) is 5.41 Å². The van der Waals surface area contributed by atoms with E-state index in [0.717, 1.165) is 4.91 Å². The molecule has 0 fully saturated rings. The Morgan fingerprint density at radius 3 is 2.50 bits per heavy atom. The van der Waals surface area contributed by atoms with Crippen molar-refractivity contribution in [1.82, 2.24) is 0 Å². The highest BCUT2D eigenvalue weighted by Crippen LogP contribution is 2.10. The van der Waals surface area contributed by atoms with Crippen molar-refractivity contribution in [2.75, 3.05) is 0 Å². The summed E-state index contributed by atoms with van der Waals surface area (Å²) < 4.78 is 0. The topological polar surface area (TPSA) is 49.9 Å². The highest BCUT2D eigenvalue weighted by molar-refractivity contribution is 8.33. The van der Waals surface area contributed by atoms with Gasteiger partial charge in [0, 0.05) is 0 Å². The van der Waals surface area contributed by atoms with E-state index in [1.165, 1.54) is 0 Å². The summed E-state index contributed by atoms with van der Waals surface area (Å²) in [5.41, 5.74) is 5.20. The number of hydrogen-bond donors (Lipinski definition) is 2. The average Bonchev–Trinajstić information content (AvgIpc) is 2.13. The molecule has 2 nitrogen and oxygen atoms in total. The molecule has 0 radical (unpaired) electrons. The van der Waals surface area contributed by atoms with E-state index < -0.39 is 0 Å². The first-order chi connectivity index (χ1) is 4.22. The fraction of sp³-hybridized carbons (Fsp3) is 0. The Hall–Kier alpha value is -0.190. The van der Waals surface area contributed by atoms with Crippen LogP contribution in [0.25, 0.3) is 0 Å². The van der Waals surface area contributed by atoms with Crippen LogP contribution in [-0.4, -0.2) is 5.84 Å². The second-order valence-electron chi connectivity index (χ2n) is 1.57. The van der Waals surface area contributed by atoms with Gasteiger partial charge in [0.15, 0.2) is 0 Å². The molecule has 0 spiro atoms. The largest absolute Gasteiger partial charge is 0.383 e. The second-order valence-corrected chi connectivity index (χ2v) is 3.95. The number of nitrogens with two attached hydrogens (primary N) is 1. The summed E-state index contributed by atoms with van der Waals surface area (Å²) in [6.45, 7) is 0. The molecule has 1 rings (SSSR count). The highest BCUT2D eigenvalue weighted by Gasteiger charge is 2.05. The minimum Gasteiger partial charge on any atom is -0.383 e. The van der Waals surface area contributed by atoms with Crippen molar-refractivity contribution in [3.8, 4) is 0 Å². The first-order valence-electron chi connectivity index (χ1n) is 2.35. The van der Waals surface area contributed by atoms with Crippen LogP contribution in [0.3, 0.4) is 0 Å². The van der Waals surface area contributed by atoms with E-state index in [0.29, 0.717) is 0 Å². The van der Waals surface area contributed by atoms with Crippen molar-refractivity contribution in [3.63, 3.8) is 0 Å². The summed E-state index contributed by atoms with van der Waals surface area (Å²) in [5, 5.41) is 8.90. The zero-order valence-electron chi connectivity index (χ0n) is 5.03. The molecule has 10 heavy (non-hydrogen) atoms. The summed E-state index contributed by atoms with van der Waals surface area (Å²) in [5.74, 6) is 0.0957. The number of hydrogen-bond acceptors (Lipinski definition) is 2. The normalized spacial score (nSPS) is 21.6. The van der Waals surface area contributed by atoms with Crippen LogP contribution in [0.5, 0.6) is 0 Å². The van der Waals surface area contributed by atoms with Crippen LogP contribution < -0.4 is 5.73 Å². The van der Waals surface area contributed by atoms with Gasteiger partial charge in [0.2, 0.25) is 0 Å². The molecule has 1 aliphatic heterocycles. The van der Waals surface area contributed by atoms with E-state index in [1.54, 1.807) is 6.08 Å². The zero-order chi connectivity index (χ0) is 6.85. The molecule has 0 amide bonds. The molecule has 0 saturated heterocycles. The number of rotatable bonds is 1. The van der Waals surface area contributed by atoms with Crippen LogP contribution in [0.4, 0.5) is 0 Å². The van der Waals surface area contributed by atoms with Gasteiger partial charge in [-0.05, 0) is 22.7 Å². The minimum atomic E-state index is -0.326. The zero-order valence-corrected chi connectivity index (χ0v) is 7.48. The van der Waals surface area contributed by atoms with E-state index in [9.17, 15) is 0 Å². The maximum absolute atomic E-state index is 7.03. The van der Waals surface area contributed by atoms with E-state index >= 15 is 0 Å². The van der Waals surface area contributed by atoms with Crippen LogP contribution >= 0.6 is 12.4 Å². The van der Waals surface area contributed by atoms with Crippen molar-refractivity contribution in [3.05, 3.63) is 22.5 Å². The van der Waals surface area contributed by atoms with Gasteiger partial charge in [-0.15, -0.1) is 12.4 Å². The SMILES string of the molecule is Cl.N=C(N)C1=CC=CS1=S. The minimum absolute atomic E-state index is 0. The molecular weight excluding hydrogens is 188 g/mol. The quantitative estimate of drug-likeness (QED) is 0.480. The second kappa shape index (κ2) is 3.85. The van der Waals surface area contributed by atoms with Gasteiger partial charge in [-0.1, -0.05) is 15.5 Å². The lowest BCUT2D eigenvalue weighted by atomic mass is 10.5. The Labute approximate surface area is 72.7 Å². The Bertz CT molecular complexity index is 232. The Morgan fingerprint density at radius 2 is 2.30 bits per heavy atom. The molecule has 3 N–H and O–H groups in total. The van der Waals surface area contributed by atoms with Gasteiger partial charge in [0.25, 0.3) is 0 Å². The van der Waals surface area contributed by atoms with E-state index in [-0.39, 0.29) is 27.7 Å². The molecular formula is C5H7ClN2S2. The van der Waals surface area contributed by atoms with Gasteiger partial charge in [-0.2, -0.15) is 0 Å². The van der Waals surface area contributed by atoms with Crippen LogP contribution in [0.1, 0.15) is 0 Å². The lowest BCUT2D eigenvalue weighted by Crippen LogP contribution is -2.13. The Morgan fingerprint density at radius 1 is 1.70 bits per heavy atom. The summed E-state index contributed by atoms with van der Waals surface area (Å²) in [7, 11) is -0.326. The third-order valence-corrected chi connectivity index (χ3v) is 3.00. The lowest BCUT2D eigenvalue weighted by Gasteiger charge is -1.96. The van der Waals surface area contributed by atoms with Crippen molar-refractivity contribution >= 4 is 38.9 Å². The Kier molecular flexibility index (Phi) is 3.78. The number of halogens is 1. The predicted octanol–water partition coefficient (Wildman–Crippen LogP) is 0.836. The third kappa shape index (κ3) is 1.90. The number of allylic oxidation sites excluding steroid dienone is 2. The van der Waals surface area contributed by atoms with E-state index in [1.807, 2.05) is 11.5 Å². The molecule has 0 aromatic heterocycles. The number of amidine groups is 1. The molecule has 0 aromatic carbocycles. The first kappa shape index (κ1) is 9.81. The van der Waals surface area contributed by atoms with Gasteiger partial charge in [-0.25, -0.2) is 0 Å². The summed E-state index contributed by atoms with van der Waals surface area (Å²) >= 11 is 4.95. The van der Waals surface area contributed by atoms with Crippen LogP contribution in [-0.2, 0) is 20.6 Å². The molecule has 1 atom stereocenters. The van der Waals surface area contributed by atoms with Crippen molar-refractivity contribution in [1.29, 1.82) is 5.41 Å². The molecule has 5 heteroatoms. The monoisotopic (exact) mass is 194 g/mol. The molecule has 1 aliphatic rings. The average molecular weight is 195 g/mol. The van der Waals surface area contributed by atoms with Crippen molar-refractivity contribution < 1.29 is 0 Å². The van der Waals surface area contributed by atoms with Gasteiger partial charge in [0.1, 0.15) is 5.84 Å². The number of nitrogens with one attached hydrogen (secondary N) is 1. The molecule has 0 bridgehead atoms. The lowest BCUT2D eigenvalue weighted by molar-refractivity contribution is 1.46. The first-order valence-corrected chi connectivity index (χ1v) is 4.56. The van der Waals surface area contributed by atoms with E-state index in [4.69, 9.17) is 22.3 Å². The fourth-order valence-electron chi connectivity index (χ4n) is 0.537. The molecule has 0 saturated carbocycles. The molecule has 1 unspecified atom stereocenters. The standard InChI is InChI=1S/C5H6N2S2.ClH/c6-5(7)4-2-1-3-9(4)8;/h1-3H,(H3,6,7);1H. The van der Waals surface area contributed by atoms with Crippen molar-refractivity contribution in [2.24, 2.45) is 5.73 Å². The summed E-state index contributed by atoms with van der Waals surface area (Å²) in [4.78, 5) is 0.769. The van der Waals surface area contributed by atoms with E-state index in [2.05, 4.69) is 0 Å².